The number of anilines is 7. The number of ketones is 1. The maximum atomic E-state index is 11.5. The lowest BCUT2D eigenvalue weighted by molar-refractivity contribution is -0.117. The Bertz CT molecular complexity index is 2400. The van der Waals surface area contributed by atoms with Gasteiger partial charge >= 0.3 is 0 Å². The third-order valence-corrected chi connectivity index (χ3v) is 11.3. The molecule has 6 heterocycles. The molecule has 0 radical (unpaired) electrons. The topological polar surface area (TPSA) is 314 Å². The predicted molar refractivity (Wildman–Crippen MR) is 268 cm³/mol. The lowest BCUT2D eigenvalue weighted by Crippen LogP contribution is -2.39. The lowest BCUT2D eigenvalue weighted by Gasteiger charge is -2.32. The molecule has 20 heteroatoms. The highest BCUT2D eigenvalue weighted by molar-refractivity contribution is 6.31. The third kappa shape index (κ3) is 15.5. The number of nitrogen functional groups attached to an aromatic ring is 4. The van der Waals surface area contributed by atoms with E-state index in [1.807, 2.05) is 26.0 Å². The van der Waals surface area contributed by atoms with Crippen molar-refractivity contribution in [2.45, 2.75) is 142 Å². The van der Waals surface area contributed by atoms with Crippen LogP contribution in [0.5, 0.6) is 0 Å². The third-order valence-electron chi connectivity index (χ3n) is 11.0. The van der Waals surface area contributed by atoms with Gasteiger partial charge in [-0.2, -0.15) is 15.0 Å². The number of carbonyl (C=O) groups is 1. The Kier molecular flexibility index (Phi) is 19.5. The minimum atomic E-state index is -0.481. The molecule has 0 aliphatic carbocycles. The Labute approximate surface area is 392 Å². The molecule has 0 fully saturated rings. The molecule has 0 saturated carbocycles. The number of rotatable bonds is 21. The fourth-order valence-corrected chi connectivity index (χ4v) is 7.28. The zero-order valence-corrected chi connectivity index (χ0v) is 40.2. The van der Waals surface area contributed by atoms with Crippen molar-refractivity contribution >= 4 is 91.5 Å². The summed E-state index contributed by atoms with van der Waals surface area (Å²) in [6.45, 7) is 14.1. The molecule has 0 bridgehead atoms. The lowest BCUT2D eigenvalue weighted by atomic mass is 9.88. The Morgan fingerprint density at radius 1 is 0.606 bits per heavy atom. The molecule has 3 atom stereocenters. The molecule has 0 spiro atoms. The van der Waals surface area contributed by atoms with Gasteiger partial charge in [0.25, 0.3) is 0 Å². The number of aromatic nitrogens is 9. The van der Waals surface area contributed by atoms with Gasteiger partial charge in [0.1, 0.15) is 22.3 Å². The molecular formula is C46H69ClN16O3. The number of nitrogens with two attached hydrogens (primary N) is 4. The molecule has 358 valence electrons. The van der Waals surface area contributed by atoms with Gasteiger partial charge in [0.15, 0.2) is 17.5 Å². The smallest absolute Gasteiger partial charge is 0.222 e. The number of hydrogen-bond donors (Lipinski definition) is 9. The summed E-state index contributed by atoms with van der Waals surface area (Å²) < 4.78 is 0. The summed E-state index contributed by atoms with van der Waals surface area (Å²) in [6, 6.07) is 7.09. The Morgan fingerprint density at radius 3 is 1.56 bits per heavy atom. The van der Waals surface area contributed by atoms with Gasteiger partial charge in [-0.15, -0.1) is 0 Å². The fourth-order valence-electron chi connectivity index (χ4n) is 7.13. The zero-order valence-electron chi connectivity index (χ0n) is 39.5. The van der Waals surface area contributed by atoms with Crippen molar-refractivity contribution in [3.05, 3.63) is 47.9 Å². The SMILES string of the molecule is CCCCC[C@](C)(CCC(C)=O)Nc1nc(N)nc2cccnc12.CCCC[C@](C)(CO)Nc1nc(N)nc2cc(Cl)cnc12.CCCC[C@](C)(CO)Nc1nc(N)nc2cc(N)cnc12. The fraction of sp³-hybridized carbons (Fsp3) is 0.522. The van der Waals surface area contributed by atoms with Crippen molar-refractivity contribution in [1.82, 2.24) is 44.9 Å². The van der Waals surface area contributed by atoms with Gasteiger partial charge in [0.05, 0.1) is 57.7 Å². The van der Waals surface area contributed by atoms with Crippen LogP contribution in [-0.2, 0) is 4.79 Å². The van der Waals surface area contributed by atoms with Crippen LogP contribution in [0.15, 0.2) is 42.9 Å². The highest BCUT2D eigenvalue weighted by Crippen LogP contribution is 2.30. The first-order valence-electron chi connectivity index (χ1n) is 22.6. The predicted octanol–water partition coefficient (Wildman–Crippen LogP) is 7.88. The number of fused-ring (bicyclic) bond motifs is 3. The summed E-state index contributed by atoms with van der Waals surface area (Å²) in [7, 11) is 0. The maximum absolute atomic E-state index is 11.5. The van der Waals surface area contributed by atoms with Crippen molar-refractivity contribution in [2.24, 2.45) is 0 Å². The van der Waals surface area contributed by atoms with E-state index >= 15 is 0 Å². The number of hydrogen-bond acceptors (Lipinski definition) is 19. The van der Waals surface area contributed by atoms with E-state index in [1.165, 1.54) is 12.6 Å². The van der Waals surface area contributed by atoms with Crippen LogP contribution in [0.3, 0.4) is 0 Å². The second-order valence-electron chi connectivity index (χ2n) is 17.6. The number of nitrogens with zero attached hydrogens (tertiary/aromatic N) is 9. The second-order valence-corrected chi connectivity index (χ2v) is 18.0. The van der Waals surface area contributed by atoms with Gasteiger partial charge in [-0.3, -0.25) is 4.98 Å². The molecule has 0 unspecified atom stereocenters. The summed E-state index contributed by atoms with van der Waals surface area (Å²) in [5.74, 6) is 2.38. The number of carbonyl (C=O) groups excluding carboxylic acids is 1. The molecule has 0 aliphatic heterocycles. The monoisotopic (exact) mass is 929 g/mol. The van der Waals surface area contributed by atoms with Crippen LogP contribution in [-0.4, -0.2) is 90.7 Å². The van der Waals surface area contributed by atoms with Crippen LogP contribution < -0.4 is 38.9 Å². The molecule has 0 saturated heterocycles. The summed E-state index contributed by atoms with van der Waals surface area (Å²) >= 11 is 5.93. The quantitative estimate of drug-likeness (QED) is 0.0310. The molecule has 0 aliphatic rings. The van der Waals surface area contributed by atoms with Crippen LogP contribution in [0.25, 0.3) is 33.1 Å². The summed E-state index contributed by atoms with van der Waals surface area (Å²) in [5.41, 5.74) is 26.1. The van der Waals surface area contributed by atoms with Crippen LogP contribution in [0.2, 0.25) is 5.02 Å². The number of unbranched alkanes of at least 4 members (excludes halogenated alkanes) is 4. The van der Waals surface area contributed by atoms with Crippen LogP contribution in [0.4, 0.5) is 41.0 Å². The van der Waals surface area contributed by atoms with E-state index in [2.05, 4.69) is 88.5 Å². The average Bonchev–Trinajstić information content (AvgIpc) is 3.27. The summed E-state index contributed by atoms with van der Waals surface area (Å²) in [6.07, 6.45) is 16.3. The minimum absolute atomic E-state index is 0.00657. The first kappa shape index (κ1) is 52.6. The Hall–Kier alpha value is -6.05. The normalized spacial score (nSPS) is 13.9. The van der Waals surface area contributed by atoms with Gasteiger partial charge in [-0.25, -0.2) is 24.9 Å². The van der Waals surface area contributed by atoms with Gasteiger partial charge < -0.3 is 53.9 Å². The second kappa shape index (κ2) is 24.5. The number of halogens is 1. The van der Waals surface area contributed by atoms with Crippen molar-refractivity contribution in [3.8, 4) is 0 Å². The van der Waals surface area contributed by atoms with E-state index in [0.717, 1.165) is 69.7 Å². The van der Waals surface area contributed by atoms with E-state index in [9.17, 15) is 15.0 Å². The number of aliphatic hydroxyl groups is 2. The van der Waals surface area contributed by atoms with E-state index < -0.39 is 11.1 Å². The molecule has 19 nitrogen and oxygen atoms in total. The standard InChI is InChI=1S/C18H27N5O.C14H20ClN5O.C14H22N6O/c1-4-5-6-10-18(3,11-9-13(2)24)23-16-15-14(8-7-12-20-15)21-17(19)22-16;2*1-3-4-5-14(2,8-21)20-12-11-10(18-13(16)19-12)6-9(15)7-17-11/h7-8,12H,4-6,9-11H2,1-3H3,(H3,19,21,22,23);6-7,21H,3-5,8H2,1-2H3,(H3,16,18,19,20);6-7,21H,3-5,8,15H2,1-2H3,(H3,16,18,19,20)/t18-;2*14-/m111/s1. The van der Waals surface area contributed by atoms with Crippen LogP contribution in [0, 0.1) is 0 Å². The van der Waals surface area contributed by atoms with Gasteiger partial charge in [-0.05, 0) is 77.6 Å². The van der Waals surface area contributed by atoms with E-state index in [0.29, 0.717) is 62.2 Å². The minimum Gasteiger partial charge on any atom is -0.397 e. The van der Waals surface area contributed by atoms with Crippen molar-refractivity contribution < 1.29 is 15.0 Å². The van der Waals surface area contributed by atoms with Gasteiger partial charge in [0.2, 0.25) is 17.8 Å². The molecule has 6 rings (SSSR count). The summed E-state index contributed by atoms with van der Waals surface area (Å²) in [4.78, 5) is 49.6. The van der Waals surface area contributed by atoms with E-state index in [4.69, 9.17) is 34.5 Å². The molecular weight excluding hydrogens is 860 g/mol. The highest BCUT2D eigenvalue weighted by atomic mass is 35.5. The van der Waals surface area contributed by atoms with Crippen molar-refractivity contribution in [1.29, 1.82) is 0 Å². The van der Waals surface area contributed by atoms with Crippen molar-refractivity contribution in [2.75, 3.05) is 52.1 Å². The van der Waals surface area contributed by atoms with E-state index in [1.54, 1.807) is 31.5 Å². The van der Waals surface area contributed by atoms with E-state index in [-0.39, 0.29) is 42.4 Å². The number of pyridine rings is 3. The maximum Gasteiger partial charge on any atom is 0.222 e. The largest absolute Gasteiger partial charge is 0.397 e. The van der Waals surface area contributed by atoms with Gasteiger partial charge in [-0.1, -0.05) is 77.3 Å². The first-order chi connectivity index (χ1) is 31.4. The summed E-state index contributed by atoms with van der Waals surface area (Å²) in [5, 5.41) is 29.9. The molecule has 66 heavy (non-hydrogen) atoms. The highest BCUT2D eigenvalue weighted by Gasteiger charge is 2.28. The average molecular weight is 930 g/mol. The zero-order chi connectivity index (χ0) is 48.5. The molecule has 6 aromatic heterocycles. The molecule has 0 aromatic carbocycles. The Morgan fingerprint density at radius 2 is 1.06 bits per heavy atom. The van der Waals surface area contributed by atoms with Crippen molar-refractivity contribution in [3.63, 3.8) is 0 Å². The number of nitrogens with one attached hydrogen (secondary N) is 3. The van der Waals surface area contributed by atoms with Gasteiger partial charge in [0, 0.05) is 24.4 Å². The molecule has 0 amide bonds. The Balaban J connectivity index is 0.000000217. The van der Waals surface area contributed by atoms with Crippen LogP contribution in [0.1, 0.15) is 126 Å². The number of Topliss-reactive ketones (excluding diaryl/α,β-unsaturated/α-hetero) is 1. The first-order valence-corrected chi connectivity index (χ1v) is 23.0. The van der Waals surface area contributed by atoms with Crippen LogP contribution >= 0.6 is 11.6 Å². The number of aliphatic hydroxyl groups excluding tert-OH is 2. The molecule has 13 N–H and O–H groups in total. The molecule has 6 aromatic rings.